The highest BCUT2D eigenvalue weighted by atomic mass is 32.1. The minimum Gasteiger partial charge on any atom is -0.298 e. The number of rotatable bonds is 3. The van der Waals surface area contributed by atoms with Crippen LogP contribution in [0.4, 0.5) is 0 Å². The number of hydrogen-bond acceptors (Lipinski definition) is 5. The molecule has 4 heterocycles. The Morgan fingerprint density at radius 3 is 2.67 bits per heavy atom. The lowest BCUT2D eigenvalue weighted by Crippen LogP contribution is -2.25. The Bertz CT molecular complexity index is 828. The van der Waals surface area contributed by atoms with Crippen LogP contribution in [-0.2, 0) is 19.4 Å². The quantitative estimate of drug-likeness (QED) is 0.734. The molecule has 1 aliphatic heterocycles. The predicted molar refractivity (Wildman–Crippen MR) is 97.0 cm³/mol. The number of aromatic nitrogens is 3. The minimum absolute atomic E-state index is 0.986. The van der Waals surface area contributed by atoms with E-state index in [1.807, 2.05) is 35.9 Å². The van der Waals surface area contributed by atoms with Crippen molar-refractivity contribution in [3.8, 4) is 11.3 Å². The summed E-state index contributed by atoms with van der Waals surface area (Å²) in [5.41, 5.74) is 4.69. The highest BCUT2D eigenvalue weighted by Crippen LogP contribution is 2.26. The molecule has 0 atom stereocenters. The Kier molecular flexibility index (Phi) is 4.36. The molecule has 0 amide bonds. The van der Waals surface area contributed by atoms with Gasteiger partial charge in [-0.15, -0.1) is 11.3 Å². The molecule has 0 radical (unpaired) electrons. The summed E-state index contributed by atoms with van der Waals surface area (Å²) in [7, 11) is 0. The minimum atomic E-state index is 0.986. The third-order valence-corrected chi connectivity index (χ3v) is 5.49. The fraction of sp³-hybridized carbons (Fsp3) is 0.316. The molecule has 0 aromatic carbocycles. The molecule has 0 unspecified atom stereocenters. The Labute approximate surface area is 146 Å². The van der Waals surface area contributed by atoms with Crippen molar-refractivity contribution in [3.63, 3.8) is 0 Å². The summed E-state index contributed by atoms with van der Waals surface area (Å²) in [5.74, 6) is 0. The molecule has 122 valence electrons. The molecule has 0 aliphatic carbocycles. The Morgan fingerprint density at radius 2 is 1.88 bits per heavy atom. The molecule has 3 aromatic rings. The van der Waals surface area contributed by atoms with Crippen molar-refractivity contribution in [2.24, 2.45) is 0 Å². The van der Waals surface area contributed by atoms with Crippen LogP contribution in [0.15, 0.2) is 43.0 Å². The number of hydrogen-bond donors (Lipinski definition) is 0. The first-order valence-corrected chi connectivity index (χ1v) is 9.12. The van der Waals surface area contributed by atoms with E-state index in [0.29, 0.717) is 0 Å². The van der Waals surface area contributed by atoms with Gasteiger partial charge in [-0.1, -0.05) is 0 Å². The molecule has 4 nitrogen and oxygen atoms in total. The van der Waals surface area contributed by atoms with E-state index >= 15 is 0 Å². The molecule has 0 spiro atoms. The van der Waals surface area contributed by atoms with Crippen molar-refractivity contribution >= 4 is 11.3 Å². The molecule has 4 rings (SSSR count). The van der Waals surface area contributed by atoms with Crippen molar-refractivity contribution in [1.82, 2.24) is 19.9 Å². The smallest absolute Gasteiger partial charge is 0.116 e. The van der Waals surface area contributed by atoms with Gasteiger partial charge in [0.1, 0.15) is 6.33 Å². The van der Waals surface area contributed by atoms with Crippen LogP contribution in [0, 0.1) is 6.92 Å². The van der Waals surface area contributed by atoms with Crippen LogP contribution in [-0.4, -0.2) is 32.9 Å². The second kappa shape index (κ2) is 6.79. The van der Waals surface area contributed by atoms with Crippen LogP contribution < -0.4 is 0 Å². The molecule has 24 heavy (non-hydrogen) atoms. The molecule has 0 fully saturated rings. The summed E-state index contributed by atoms with van der Waals surface area (Å²) in [6.45, 7) is 5.31. The van der Waals surface area contributed by atoms with E-state index in [2.05, 4.69) is 38.9 Å². The summed E-state index contributed by atoms with van der Waals surface area (Å²) in [5, 5.41) is 0. The second-order valence-electron chi connectivity index (χ2n) is 6.17. The van der Waals surface area contributed by atoms with E-state index in [1.54, 1.807) is 6.33 Å². The average Bonchev–Trinajstić information content (AvgIpc) is 2.91. The normalized spacial score (nSPS) is 15.0. The first-order valence-electron chi connectivity index (χ1n) is 8.30. The van der Waals surface area contributed by atoms with Crippen LogP contribution in [0.1, 0.15) is 21.0 Å². The lowest BCUT2D eigenvalue weighted by molar-refractivity contribution is 0.281. The summed E-state index contributed by atoms with van der Waals surface area (Å²) >= 11 is 1.90. The Balaban J connectivity index is 1.57. The van der Waals surface area contributed by atoms with Gasteiger partial charge in [-0.05, 0) is 37.6 Å². The molecule has 0 N–H and O–H groups in total. The van der Waals surface area contributed by atoms with Crippen molar-refractivity contribution in [2.75, 3.05) is 13.1 Å². The SMILES string of the molecule is Cc1ccc(CN2CCc3ncnc(-c4ccncc4)c3CC2)s1. The summed E-state index contributed by atoms with van der Waals surface area (Å²) in [6.07, 6.45) is 7.34. The van der Waals surface area contributed by atoms with Crippen LogP contribution in [0.2, 0.25) is 0 Å². The van der Waals surface area contributed by atoms with Gasteiger partial charge in [-0.3, -0.25) is 9.88 Å². The summed E-state index contributed by atoms with van der Waals surface area (Å²) in [4.78, 5) is 18.6. The third-order valence-electron chi connectivity index (χ3n) is 4.51. The zero-order valence-electron chi connectivity index (χ0n) is 13.8. The van der Waals surface area contributed by atoms with Crippen molar-refractivity contribution in [3.05, 3.63) is 64.0 Å². The highest BCUT2D eigenvalue weighted by Gasteiger charge is 2.19. The second-order valence-corrected chi connectivity index (χ2v) is 7.54. The maximum Gasteiger partial charge on any atom is 0.116 e. The molecule has 5 heteroatoms. The molecule has 1 aliphatic rings. The molecular weight excluding hydrogens is 316 g/mol. The number of nitrogens with zero attached hydrogens (tertiary/aromatic N) is 4. The average molecular weight is 336 g/mol. The topological polar surface area (TPSA) is 41.9 Å². The largest absolute Gasteiger partial charge is 0.298 e. The number of fused-ring (bicyclic) bond motifs is 1. The summed E-state index contributed by atoms with van der Waals surface area (Å²) in [6, 6.07) is 8.51. The lowest BCUT2D eigenvalue weighted by atomic mass is 10.0. The van der Waals surface area contributed by atoms with Gasteiger partial charge in [-0.2, -0.15) is 0 Å². The fourth-order valence-electron chi connectivity index (χ4n) is 3.28. The van der Waals surface area contributed by atoms with Crippen molar-refractivity contribution in [1.29, 1.82) is 0 Å². The highest BCUT2D eigenvalue weighted by molar-refractivity contribution is 7.11. The zero-order chi connectivity index (χ0) is 16.4. The molecule has 3 aromatic heterocycles. The number of aryl methyl sites for hydroxylation is 1. The van der Waals surface area contributed by atoms with Gasteiger partial charge in [0.2, 0.25) is 0 Å². The van der Waals surface area contributed by atoms with Crippen molar-refractivity contribution in [2.45, 2.75) is 26.3 Å². The zero-order valence-corrected chi connectivity index (χ0v) is 14.6. The summed E-state index contributed by atoms with van der Waals surface area (Å²) < 4.78 is 0. The fourth-order valence-corrected chi connectivity index (χ4v) is 4.21. The first-order chi connectivity index (χ1) is 11.8. The van der Waals surface area contributed by atoms with E-state index < -0.39 is 0 Å². The lowest BCUT2D eigenvalue weighted by Gasteiger charge is -2.18. The third kappa shape index (κ3) is 3.23. The predicted octanol–water partition coefficient (Wildman–Crippen LogP) is 3.51. The van der Waals surface area contributed by atoms with E-state index in [1.165, 1.54) is 21.0 Å². The maximum absolute atomic E-state index is 4.56. The van der Waals surface area contributed by atoms with Gasteiger partial charge in [0.25, 0.3) is 0 Å². The van der Waals surface area contributed by atoms with Gasteiger partial charge in [0, 0.05) is 65.0 Å². The van der Waals surface area contributed by atoms with Gasteiger partial charge in [-0.25, -0.2) is 9.97 Å². The van der Waals surface area contributed by atoms with E-state index in [4.69, 9.17) is 0 Å². The van der Waals surface area contributed by atoms with Gasteiger partial charge in [0.15, 0.2) is 0 Å². The standard InChI is InChI=1S/C19H20N4S/c1-14-2-3-16(24-14)12-23-10-6-17-18(7-11-23)21-13-22-19(17)15-4-8-20-9-5-15/h2-5,8-9,13H,6-7,10-12H2,1H3. The Morgan fingerprint density at radius 1 is 1.04 bits per heavy atom. The van der Waals surface area contributed by atoms with E-state index in [0.717, 1.165) is 43.7 Å². The van der Waals surface area contributed by atoms with Crippen LogP contribution in [0.3, 0.4) is 0 Å². The van der Waals surface area contributed by atoms with Crippen molar-refractivity contribution < 1.29 is 0 Å². The van der Waals surface area contributed by atoms with E-state index in [-0.39, 0.29) is 0 Å². The number of pyridine rings is 1. The molecular formula is C19H20N4S. The molecule has 0 saturated heterocycles. The first kappa shape index (κ1) is 15.4. The number of thiophene rings is 1. The van der Waals surface area contributed by atoms with Crippen LogP contribution in [0.25, 0.3) is 11.3 Å². The van der Waals surface area contributed by atoms with Crippen LogP contribution >= 0.6 is 11.3 Å². The van der Waals surface area contributed by atoms with Gasteiger partial charge in [0.05, 0.1) is 5.69 Å². The molecule has 0 saturated carbocycles. The molecule has 0 bridgehead atoms. The van der Waals surface area contributed by atoms with Gasteiger partial charge >= 0.3 is 0 Å². The van der Waals surface area contributed by atoms with Crippen LogP contribution in [0.5, 0.6) is 0 Å². The maximum atomic E-state index is 4.56. The Hall–Kier alpha value is -2.11. The monoisotopic (exact) mass is 336 g/mol. The van der Waals surface area contributed by atoms with E-state index in [9.17, 15) is 0 Å². The van der Waals surface area contributed by atoms with Gasteiger partial charge < -0.3 is 0 Å².